The van der Waals surface area contributed by atoms with Crippen molar-refractivity contribution in [1.82, 2.24) is 9.97 Å². The summed E-state index contributed by atoms with van der Waals surface area (Å²) in [5, 5.41) is 14.5. The van der Waals surface area contributed by atoms with Crippen molar-refractivity contribution in [3.63, 3.8) is 0 Å². The molecule has 0 N–H and O–H groups in total. The third-order valence-electron chi connectivity index (χ3n) is 13.3. The highest BCUT2D eigenvalue weighted by molar-refractivity contribution is 6.12. The van der Waals surface area contributed by atoms with Gasteiger partial charge in [0.1, 0.15) is 0 Å². The molecular weight excluding hydrogens is 787 g/mol. The van der Waals surface area contributed by atoms with Gasteiger partial charge in [-0.15, -0.1) is 0 Å². The lowest BCUT2D eigenvalue weighted by molar-refractivity contribution is 1.29. The summed E-state index contributed by atoms with van der Waals surface area (Å²) < 4.78 is 0. The van der Waals surface area contributed by atoms with E-state index in [0.29, 0.717) is 0 Å². The highest BCUT2D eigenvalue weighted by Gasteiger charge is 2.17. The number of para-hydroxylation sites is 2. The van der Waals surface area contributed by atoms with Gasteiger partial charge in [0.15, 0.2) is 0 Å². The van der Waals surface area contributed by atoms with Crippen molar-refractivity contribution in [2.75, 3.05) is 4.90 Å². The van der Waals surface area contributed by atoms with Crippen LogP contribution in [0.25, 0.3) is 109 Å². The molecule has 0 aliphatic heterocycles. The second-order valence-corrected chi connectivity index (χ2v) is 17.0. The van der Waals surface area contributed by atoms with Crippen LogP contribution in [-0.2, 0) is 0 Å². The largest absolute Gasteiger partial charge is 0.310 e. The summed E-state index contributed by atoms with van der Waals surface area (Å²) in [7, 11) is 0. The number of anilines is 3. The number of nitrogens with zero attached hydrogens (tertiary/aromatic N) is 3. The summed E-state index contributed by atoms with van der Waals surface area (Å²) in [6.07, 6.45) is 4.04. The minimum atomic E-state index is 1.01. The van der Waals surface area contributed by atoms with E-state index in [-0.39, 0.29) is 0 Å². The SMILES string of the molecule is c1ccc2cc(-c3ccc4c(ccc5cc(N(c6ccc(-c7cccc8c7cnc7ccccc78)cc6)c6ccc(-c7cccc8c7cnc7ccccc78)cc6)ccc54)c3)ccc2c1. The van der Waals surface area contributed by atoms with Crippen LogP contribution in [0.15, 0.2) is 237 Å². The standard InChI is InChI=1S/C62H39N3/c1-2-10-43-35-44(20-19-40(43)9-1)45-27-33-53-46(36-45)21-22-47-37-50(32-34-54(47)53)65(48-28-23-41(24-29-48)51-13-7-15-55-57-11-3-5-17-61(57)63-38-59(51)55)49-30-25-42(26-31-49)52-14-8-16-56-58-12-4-6-18-62(58)64-39-60(52)56/h1-39H. The molecule has 0 aliphatic rings. The second-order valence-electron chi connectivity index (χ2n) is 17.0. The van der Waals surface area contributed by atoms with Gasteiger partial charge in [0.25, 0.3) is 0 Å². The topological polar surface area (TPSA) is 29.0 Å². The molecule has 2 aromatic heterocycles. The van der Waals surface area contributed by atoms with Crippen molar-refractivity contribution in [3.05, 3.63) is 237 Å². The number of fused-ring (bicyclic) bond motifs is 10. The molecule has 0 radical (unpaired) electrons. The number of benzene rings is 11. The summed E-state index contributed by atoms with van der Waals surface area (Å²) in [6.45, 7) is 0. The van der Waals surface area contributed by atoms with E-state index in [4.69, 9.17) is 9.97 Å². The van der Waals surface area contributed by atoms with Crippen LogP contribution in [0.5, 0.6) is 0 Å². The molecule has 0 saturated heterocycles. The molecular formula is C62H39N3. The van der Waals surface area contributed by atoms with Crippen LogP contribution in [0.3, 0.4) is 0 Å². The van der Waals surface area contributed by atoms with E-state index >= 15 is 0 Å². The number of hydrogen-bond acceptors (Lipinski definition) is 3. The molecule has 2 heterocycles. The Balaban J connectivity index is 0.911. The zero-order valence-corrected chi connectivity index (χ0v) is 35.4. The summed E-state index contributed by atoms with van der Waals surface area (Å²) in [5.74, 6) is 0. The van der Waals surface area contributed by atoms with Gasteiger partial charge in [-0.1, -0.05) is 164 Å². The molecule has 0 amide bonds. The number of pyridine rings is 2. The predicted molar refractivity (Wildman–Crippen MR) is 276 cm³/mol. The monoisotopic (exact) mass is 825 g/mol. The molecule has 3 heteroatoms. The van der Waals surface area contributed by atoms with Crippen molar-refractivity contribution in [1.29, 1.82) is 0 Å². The fourth-order valence-electron chi connectivity index (χ4n) is 10.1. The van der Waals surface area contributed by atoms with Gasteiger partial charge in [0, 0.05) is 51.0 Å². The molecule has 13 rings (SSSR count). The van der Waals surface area contributed by atoms with Crippen LogP contribution in [0.1, 0.15) is 0 Å². The van der Waals surface area contributed by atoms with Crippen molar-refractivity contribution in [3.8, 4) is 33.4 Å². The maximum atomic E-state index is 4.84. The molecule has 0 bridgehead atoms. The lowest BCUT2D eigenvalue weighted by Crippen LogP contribution is -2.10. The molecule has 0 saturated carbocycles. The highest BCUT2D eigenvalue weighted by Crippen LogP contribution is 2.41. The molecule has 3 nitrogen and oxygen atoms in total. The molecule has 0 fully saturated rings. The number of hydrogen-bond donors (Lipinski definition) is 0. The fourth-order valence-corrected chi connectivity index (χ4v) is 10.1. The zero-order valence-electron chi connectivity index (χ0n) is 35.4. The number of aromatic nitrogens is 2. The Morgan fingerprint density at radius 2 is 0.677 bits per heavy atom. The highest BCUT2D eigenvalue weighted by atomic mass is 15.1. The normalized spacial score (nSPS) is 11.7. The summed E-state index contributed by atoms with van der Waals surface area (Å²) in [4.78, 5) is 12.1. The number of rotatable bonds is 6. The molecule has 65 heavy (non-hydrogen) atoms. The van der Waals surface area contributed by atoms with E-state index in [0.717, 1.165) is 50.0 Å². The van der Waals surface area contributed by atoms with Gasteiger partial charge >= 0.3 is 0 Å². The molecule has 13 aromatic rings. The van der Waals surface area contributed by atoms with E-state index in [1.54, 1.807) is 0 Å². The first-order chi connectivity index (χ1) is 32.2. The van der Waals surface area contributed by atoms with Gasteiger partial charge in [-0.25, -0.2) is 0 Å². The first-order valence-electron chi connectivity index (χ1n) is 22.2. The van der Waals surface area contributed by atoms with Crippen LogP contribution in [-0.4, -0.2) is 9.97 Å². The van der Waals surface area contributed by atoms with Gasteiger partial charge in [-0.3, -0.25) is 9.97 Å². The average Bonchev–Trinajstić information content (AvgIpc) is 3.38. The smallest absolute Gasteiger partial charge is 0.0708 e. The first-order valence-corrected chi connectivity index (χ1v) is 22.2. The molecule has 0 atom stereocenters. The van der Waals surface area contributed by atoms with Gasteiger partial charge in [0.2, 0.25) is 0 Å². The fraction of sp³-hybridized carbons (Fsp3) is 0. The Hall–Kier alpha value is -8.66. The van der Waals surface area contributed by atoms with Crippen molar-refractivity contribution < 1.29 is 0 Å². The summed E-state index contributed by atoms with van der Waals surface area (Å²) in [5.41, 5.74) is 12.3. The van der Waals surface area contributed by atoms with E-state index in [1.807, 2.05) is 24.5 Å². The van der Waals surface area contributed by atoms with Crippen molar-refractivity contribution >= 4 is 92.7 Å². The van der Waals surface area contributed by atoms with E-state index in [2.05, 4.69) is 217 Å². The van der Waals surface area contributed by atoms with Gasteiger partial charge < -0.3 is 4.90 Å². The molecule has 0 spiro atoms. The quantitative estimate of drug-likeness (QED) is 0.156. The van der Waals surface area contributed by atoms with Gasteiger partial charge in [0.05, 0.1) is 11.0 Å². The Labute approximate surface area is 376 Å². The van der Waals surface area contributed by atoms with Crippen LogP contribution >= 0.6 is 0 Å². The van der Waals surface area contributed by atoms with Crippen molar-refractivity contribution in [2.24, 2.45) is 0 Å². The average molecular weight is 826 g/mol. The van der Waals surface area contributed by atoms with Crippen molar-refractivity contribution in [2.45, 2.75) is 0 Å². The van der Waals surface area contributed by atoms with E-state index in [1.165, 1.54) is 76.1 Å². The van der Waals surface area contributed by atoms with E-state index in [9.17, 15) is 0 Å². The minimum Gasteiger partial charge on any atom is -0.310 e. The molecule has 11 aromatic carbocycles. The van der Waals surface area contributed by atoms with Gasteiger partial charge in [-0.2, -0.15) is 0 Å². The lowest BCUT2D eigenvalue weighted by atomic mass is 9.95. The minimum absolute atomic E-state index is 1.01. The van der Waals surface area contributed by atoms with Crippen LogP contribution < -0.4 is 4.90 Å². The molecule has 302 valence electrons. The Morgan fingerprint density at radius 3 is 1.28 bits per heavy atom. The van der Waals surface area contributed by atoms with Gasteiger partial charge in [-0.05, 0) is 137 Å². The third kappa shape index (κ3) is 6.28. The maximum Gasteiger partial charge on any atom is 0.0708 e. The summed E-state index contributed by atoms with van der Waals surface area (Å²) >= 11 is 0. The van der Waals surface area contributed by atoms with Crippen LogP contribution in [0, 0.1) is 0 Å². The molecule has 0 aliphatic carbocycles. The first kappa shape index (κ1) is 36.9. The second kappa shape index (κ2) is 15.0. The Morgan fingerprint density at radius 1 is 0.246 bits per heavy atom. The third-order valence-corrected chi connectivity index (χ3v) is 13.3. The summed E-state index contributed by atoms with van der Waals surface area (Å²) in [6, 6.07) is 81.4. The van der Waals surface area contributed by atoms with Crippen LogP contribution in [0.2, 0.25) is 0 Å². The maximum absolute atomic E-state index is 4.84. The van der Waals surface area contributed by atoms with E-state index < -0.39 is 0 Å². The zero-order chi connectivity index (χ0) is 42.8. The molecule has 0 unspecified atom stereocenters. The van der Waals surface area contributed by atoms with Crippen LogP contribution in [0.4, 0.5) is 17.1 Å². The predicted octanol–water partition coefficient (Wildman–Crippen LogP) is 17.0. The Bertz CT molecular complexity index is 3840. The lowest BCUT2D eigenvalue weighted by Gasteiger charge is -2.26. The Kier molecular flexibility index (Phi) is 8.53.